The van der Waals surface area contributed by atoms with E-state index in [1.54, 1.807) is 16.7 Å². The van der Waals surface area contributed by atoms with E-state index in [-0.39, 0.29) is 49.9 Å². The molecule has 0 N–H and O–H groups in total. The van der Waals surface area contributed by atoms with Crippen molar-refractivity contribution < 1.29 is 27.1 Å². The van der Waals surface area contributed by atoms with Crippen LogP contribution < -0.4 is 0 Å². The van der Waals surface area contributed by atoms with Gasteiger partial charge in [-0.05, 0) is 43.2 Å². The summed E-state index contributed by atoms with van der Waals surface area (Å²) in [5, 5.41) is 0. The lowest BCUT2D eigenvalue weighted by atomic mass is 10.1. The second-order valence-electron chi connectivity index (χ2n) is 7.77. The Balaban J connectivity index is 1.61. The fraction of sp³-hybridized carbons (Fsp3) is 0.650. The molecule has 0 spiro atoms. The quantitative estimate of drug-likeness (QED) is 0.649. The van der Waals surface area contributed by atoms with Crippen molar-refractivity contribution in [2.24, 2.45) is 0 Å². The Morgan fingerprint density at radius 1 is 1.23 bits per heavy atom. The minimum Gasteiger partial charge on any atom is -0.379 e. The number of thioether (sulfide) groups is 1. The average Bonchev–Trinajstić information content (AvgIpc) is 3.46. The molecule has 0 radical (unpaired) electrons. The molecule has 0 bridgehead atoms. The fourth-order valence-electron chi connectivity index (χ4n) is 4.10. The summed E-state index contributed by atoms with van der Waals surface area (Å²) in [5.41, 5.74) is 0.193. The molecule has 3 saturated heterocycles. The van der Waals surface area contributed by atoms with Crippen molar-refractivity contribution in [3.8, 4) is 0 Å². The van der Waals surface area contributed by atoms with Gasteiger partial charge < -0.3 is 14.4 Å². The summed E-state index contributed by atoms with van der Waals surface area (Å²) >= 11 is 1.80. The summed E-state index contributed by atoms with van der Waals surface area (Å²) in [6.07, 6.45) is 2.77. The molecule has 10 heteroatoms. The predicted molar refractivity (Wildman–Crippen MR) is 112 cm³/mol. The average molecular weight is 459 g/mol. The van der Waals surface area contributed by atoms with E-state index in [1.165, 1.54) is 16.4 Å². The van der Waals surface area contributed by atoms with Gasteiger partial charge in [0, 0.05) is 43.6 Å². The number of hydrogen-bond acceptors (Lipinski definition) is 6. The Hall–Kier alpha value is -1.20. The van der Waals surface area contributed by atoms with Crippen molar-refractivity contribution in [1.29, 1.82) is 0 Å². The third-order valence-corrected chi connectivity index (χ3v) is 8.86. The molecule has 1 aromatic rings. The van der Waals surface area contributed by atoms with Gasteiger partial charge in [0.25, 0.3) is 5.91 Å². The lowest BCUT2D eigenvalue weighted by Crippen LogP contribution is -2.45. The molecule has 3 fully saturated rings. The second-order valence-corrected chi connectivity index (χ2v) is 10.8. The minimum absolute atomic E-state index is 0.00319. The van der Waals surface area contributed by atoms with E-state index in [0.29, 0.717) is 13.2 Å². The maximum absolute atomic E-state index is 14.5. The Labute approximate surface area is 180 Å². The highest BCUT2D eigenvalue weighted by Crippen LogP contribution is 2.28. The zero-order valence-electron chi connectivity index (χ0n) is 16.8. The Morgan fingerprint density at radius 2 is 2.03 bits per heavy atom. The van der Waals surface area contributed by atoms with Crippen LogP contribution in [0.4, 0.5) is 4.39 Å². The molecule has 3 aliphatic rings. The third-order valence-electron chi connectivity index (χ3n) is 5.80. The van der Waals surface area contributed by atoms with Crippen LogP contribution in [-0.2, 0) is 19.5 Å². The van der Waals surface area contributed by atoms with E-state index in [4.69, 9.17) is 9.47 Å². The van der Waals surface area contributed by atoms with Crippen molar-refractivity contribution in [2.75, 3.05) is 51.0 Å². The summed E-state index contributed by atoms with van der Waals surface area (Å²) in [6.45, 7) is 2.06. The Morgan fingerprint density at radius 3 is 2.70 bits per heavy atom. The molecule has 7 nitrogen and oxygen atoms in total. The molecule has 0 saturated carbocycles. The fourth-order valence-corrected chi connectivity index (χ4v) is 6.82. The first-order chi connectivity index (χ1) is 14.5. The number of hydrogen-bond donors (Lipinski definition) is 0. The topological polar surface area (TPSA) is 76.2 Å². The highest BCUT2D eigenvalue weighted by molar-refractivity contribution is 7.99. The highest BCUT2D eigenvalue weighted by Gasteiger charge is 2.34. The number of ether oxygens (including phenoxy) is 2. The van der Waals surface area contributed by atoms with Gasteiger partial charge in [0.1, 0.15) is 10.7 Å². The zero-order chi connectivity index (χ0) is 21.1. The van der Waals surface area contributed by atoms with Gasteiger partial charge in [0.15, 0.2) is 0 Å². The van der Waals surface area contributed by atoms with Gasteiger partial charge >= 0.3 is 0 Å². The number of nitrogens with zero attached hydrogens (tertiary/aromatic N) is 2. The number of halogens is 1. The number of carbonyl (C=O) groups excluding carboxylic acids is 1. The van der Waals surface area contributed by atoms with Crippen LogP contribution in [0.2, 0.25) is 0 Å². The predicted octanol–water partition coefficient (Wildman–Crippen LogP) is 1.97. The second kappa shape index (κ2) is 9.52. The summed E-state index contributed by atoms with van der Waals surface area (Å²) in [5.74, 6) is 0.718. The maximum atomic E-state index is 14.5. The lowest BCUT2D eigenvalue weighted by Gasteiger charge is -2.31. The highest BCUT2D eigenvalue weighted by atomic mass is 32.2. The van der Waals surface area contributed by atoms with Crippen molar-refractivity contribution >= 4 is 27.7 Å². The molecule has 0 aromatic heterocycles. The summed E-state index contributed by atoms with van der Waals surface area (Å²) in [7, 11) is -4.04. The standard InChI is InChI=1S/C20H27FN2O5S2/c21-18-4-3-15(12-19(18)30(25,26)22-6-9-27-10-7-22)20(24)23(16-5-11-29-14-16)13-17-2-1-8-28-17/h3-4,12,16-17H,1-2,5-11,13-14H2. The number of sulfonamides is 1. The van der Waals surface area contributed by atoms with Crippen LogP contribution in [0.5, 0.6) is 0 Å². The molecule has 1 aromatic carbocycles. The number of carbonyl (C=O) groups is 1. The molecule has 166 valence electrons. The van der Waals surface area contributed by atoms with Crippen LogP contribution in [-0.4, -0.2) is 86.6 Å². The van der Waals surface area contributed by atoms with Crippen LogP contribution >= 0.6 is 11.8 Å². The third kappa shape index (κ3) is 4.67. The van der Waals surface area contributed by atoms with Crippen LogP contribution in [0.15, 0.2) is 23.1 Å². The molecule has 4 rings (SSSR count). The van der Waals surface area contributed by atoms with Crippen molar-refractivity contribution in [3.63, 3.8) is 0 Å². The molecule has 3 aliphatic heterocycles. The minimum atomic E-state index is -4.04. The molecule has 30 heavy (non-hydrogen) atoms. The number of benzene rings is 1. The normalized spacial score (nSPS) is 25.5. The molecule has 1 amide bonds. The van der Waals surface area contributed by atoms with Gasteiger partial charge in [-0.3, -0.25) is 4.79 Å². The van der Waals surface area contributed by atoms with Crippen molar-refractivity contribution in [1.82, 2.24) is 9.21 Å². The Bertz CT molecular complexity index is 864. The monoisotopic (exact) mass is 458 g/mol. The van der Waals surface area contributed by atoms with Gasteiger partial charge in [-0.25, -0.2) is 12.8 Å². The van der Waals surface area contributed by atoms with E-state index in [2.05, 4.69) is 0 Å². The van der Waals surface area contributed by atoms with E-state index >= 15 is 0 Å². The summed E-state index contributed by atoms with van der Waals surface area (Å²) < 4.78 is 52.6. The first-order valence-electron chi connectivity index (χ1n) is 10.3. The first-order valence-corrected chi connectivity index (χ1v) is 12.9. The zero-order valence-corrected chi connectivity index (χ0v) is 18.4. The van der Waals surface area contributed by atoms with Crippen molar-refractivity contribution in [3.05, 3.63) is 29.6 Å². The SMILES string of the molecule is O=C(c1ccc(F)c(S(=O)(=O)N2CCOCC2)c1)N(CC1CCCO1)C1CCSC1. The van der Waals surface area contributed by atoms with Gasteiger partial charge in [-0.2, -0.15) is 16.1 Å². The van der Waals surface area contributed by atoms with Crippen LogP contribution in [0, 0.1) is 5.82 Å². The molecule has 3 heterocycles. The van der Waals surface area contributed by atoms with E-state index in [0.717, 1.165) is 36.8 Å². The van der Waals surface area contributed by atoms with E-state index in [9.17, 15) is 17.6 Å². The summed E-state index contributed by atoms with van der Waals surface area (Å²) in [6, 6.07) is 3.72. The lowest BCUT2D eigenvalue weighted by molar-refractivity contribution is 0.0441. The van der Waals surface area contributed by atoms with Crippen molar-refractivity contribution in [2.45, 2.75) is 36.3 Å². The molecular formula is C20H27FN2O5S2. The van der Waals surface area contributed by atoms with Crippen LogP contribution in [0.3, 0.4) is 0 Å². The molecule has 2 atom stereocenters. The maximum Gasteiger partial charge on any atom is 0.254 e. The molecular weight excluding hydrogens is 431 g/mol. The van der Waals surface area contributed by atoms with E-state index in [1.807, 2.05) is 0 Å². The van der Waals surface area contributed by atoms with Crippen LogP contribution in [0.1, 0.15) is 29.6 Å². The summed E-state index contributed by atoms with van der Waals surface area (Å²) in [4.78, 5) is 14.7. The Kier molecular flexibility index (Phi) is 6.98. The van der Waals surface area contributed by atoms with E-state index < -0.39 is 20.7 Å². The van der Waals surface area contributed by atoms with Gasteiger partial charge in [-0.1, -0.05) is 0 Å². The molecule has 2 unspecified atom stereocenters. The largest absolute Gasteiger partial charge is 0.379 e. The number of amides is 1. The van der Waals surface area contributed by atoms with Gasteiger partial charge in [0.05, 0.1) is 19.3 Å². The van der Waals surface area contributed by atoms with Gasteiger partial charge in [-0.15, -0.1) is 0 Å². The molecule has 0 aliphatic carbocycles. The van der Waals surface area contributed by atoms with Gasteiger partial charge in [0.2, 0.25) is 10.0 Å². The first kappa shape index (κ1) is 22.0. The van der Waals surface area contributed by atoms with Crippen LogP contribution in [0.25, 0.3) is 0 Å². The number of rotatable bonds is 6. The number of morpholine rings is 1. The smallest absolute Gasteiger partial charge is 0.254 e.